The van der Waals surface area contributed by atoms with E-state index in [1.807, 2.05) is 0 Å². The van der Waals surface area contributed by atoms with Crippen molar-refractivity contribution in [2.45, 2.75) is 64.7 Å². The van der Waals surface area contributed by atoms with Gasteiger partial charge in [0.2, 0.25) is 5.91 Å². The van der Waals surface area contributed by atoms with Gasteiger partial charge in [-0.1, -0.05) is 45.4 Å². The molecule has 21 heavy (non-hydrogen) atoms. The molecule has 1 heterocycles. The average Bonchev–Trinajstić information content (AvgIpc) is 2.52. The molecule has 0 aromatic carbocycles. The molecule has 0 aromatic rings. The Labute approximate surface area is 130 Å². The Balaban J connectivity index is 1.82. The third kappa shape index (κ3) is 10.7. The van der Waals surface area contributed by atoms with Crippen LogP contribution < -0.4 is 5.32 Å². The normalized spacial score (nSPS) is 16.0. The Morgan fingerprint density at radius 1 is 1.00 bits per heavy atom. The molecule has 0 aliphatic carbocycles. The standard InChI is InChI=1S/C17H34N2O2/c1-2-3-4-5-6-7-8-10-17(20)18-11-9-12-19-13-15-21-16-14-19/h2-16H2,1H3,(H,18,20). The predicted molar refractivity (Wildman–Crippen MR) is 87.5 cm³/mol. The van der Waals surface area contributed by atoms with Crippen LogP contribution in [0.1, 0.15) is 64.7 Å². The molecule has 1 fully saturated rings. The molecule has 0 atom stereocenters. The fourth-order valence-corrected chi connectivity index (χ4v) is 2.69. The van der Waals surface area contributed by atoms with Crippen LogP contribution in [0.4, 0.5) is 0 Å². The lowest BCUT2D eigenvalue weighted by atomic mass is 10.1. The molecule has 1 aliphatic rings. The van der Waals surface area contributed by atoms with Gasteiger partial charge in [-0.2, -0.15) is 0 Å². The molecule has 1 aliphatic heterocycles. The van der Waals surface area contributed by atoms with Gasteiger partial charge in [0.15, 0.2) is 0 Å². The zero-order chi connectivity index (χ0) is 15.2. The van der Waals surface area contributed by atoms with E-state index in [2.05, 4.69) is 17.1 Å². The summed E-state index contributed by atoms with van der Waals surface area (Å²) < 4.78 is 5.32. The molecule has 0 unspecified atom stereocenters. The Bertz CT molecular complexity index is 253. The summed E-state index contributed by atoms with van der Waals surface area (Å²) >= 11 is 0. The molecule has 0 saturated carbocycles. The topological polar surface area (TPSA) is 41.6 Å². The third-order valence-electron chi connectivity index (χ3n) is 4.08. The van der Waals surface area contributed by atoms with E-state index in [-0.39, 0.29) is 5.91 Å². The number of carbonyl (C=O) groups excluding carboxylic acids is 1. The SMILES string of the molecule is CCCCCCCCCC(=O)NCCCN1CCOCC1. The molecule has 124 valence electrons. The number of carbonyl (C=O) groups is 1. The van der Waals surface area contributed by atoms with Gasteiger partial charge in [-0.05, 0) is 19.4 Å². The molecule has 1 rings (SSSR count). The van der Waals surface area contributed by atoms with Crippen molar-refractivity contribution >= 4 is 5.91 Å². The summed E-state index contributed by atoms with van der Waals surface area (Å²) in [7, 11) is 0. The summed E-state index contributed by atoms with van der Waals surface area (Å²) in [4.78, 5) is 14.1. The van der Waals surface area contributed by atoms with Crippen molar-refractivity contribution < 1.29 is 9.53 Å². The van der Waals surface area contributed by atoms with Crippen LogP contribution in [-0.2, 0) is 9.53 Å². The molecule has 1 N–H and O–H groups in total. The highest BCUT2D eigenvalue weighted by Gasteiger charge is 2.09. The maximum atomic E-state index is 11.7. The highest BCUT2D eigenvalue weighted by molar-refractivity contribution is 5.75. The number of nitrogens with one attached hydrogen (secondary N) is 1. The van der Waals surface area contributed by atoms with Gasteiger partial charge in [0.05, 0.1) is 13.2 Å². The summed E-state index contributed by atoms with van der Waals surface area (Å²) in [6, 6.07) is 0. The van der Waals surface area contributed by atoms with Crippen molar-refractivity contribution in [1.29, 1.82) is 0 Å². The summed E-state index contributed by atoms with van der Waals surface area (Å²) in [6.07, 6.45) is 10.6. The maximum absolute atomic E-state index is 11.7. The van der Waals surface area contributed by atoms with Gasteiger partial charge in [0, 0.05) is 26.1 Å². The molecule has 0 spiro atoms. The molecular formula is C17H34N2O2. The van der Waals surface area contributed by atoms with Crippen LogP contribution in [0.3, 0.4) is 0 Å². The fraction of sp³-hybridized carbons (Fsp3) is 0.941. The molecule has 1 saturated heterocycles. The first-order valence-corrected chi connectivity index (χ1v) is 8.89. The maximum Gasteiger partial charge on any atom is 0.219 e. The van der Waals surface area contributed by atoms with E-state index in [9.17, 15) is 4.79 Å². The first kappa shape index (κ1) is 18.4. The molecular weight excluding hydrogens is 264 g/mol. The first-order valence-electron chi connectivity index (χ1n) is 8.89. The molecule has 0 bridgehead atoms. The number of amides is 1. The van der Waals surface area contributed by atoms with E-state index < -0.39 is 0 Å². The lowest BCUT2D eigenvalue weighted by molar-refractivity contribution is -0.121. The van der Waals surface area contributed by atoms with Gasteiger partial charge in [0.25, 0.3) is 0 Å². The molecule has 0 radical (unpaired) electrons. The van der Waals surface area contributed by atoms with Gasteiger partial charge >= 0.3 is 0 Å². The number of unbranched alkanes of at least 4 members (excludes halogenated alkanes) is 6. The van der Waals surface area contributed by atoms with Crippen LogP contribution >= 0.6 is 0 Å². The highest BCUT2D eigenvalue weighted by Crippen LogP contribution is 2.08. The van der Waals surface area contributed by atoms with E-state index in [1.54, 1.807) is 0 Å². The Morgan fingerprint density at radius 3 is 2.38 bits per heavy atom. The number of hydrogen-bond donors (Lipinski definition) is 1. The zero-order valence-electron chi connectivity index (χ0n) is 13.9. The van der Waals surface area contributed by atoms with Crippen molar-refractivity contribution in [3.05, 3.63) is 0 Å². The minimum Gasteiger partial charge on any atom is -0.379 e. The second-order valence-electron chi connectivity index (χ2n) is 6.03. The summed E-state index contributed by atoms with van der Waals surface area (Å²) in [6.45, 7) is 7.89. The second-order valence-corrected chi connectivity index (χ2v) is 6.03. The summed E-state index contributed by atoms with van der Waals surface area (Å²) in [5, 5.41) is 3.04. The molecule has 4 heteroatoms. The minimum absolute atomic E-state index is 0.227. The summed E-state index contributed by atoms with van der Waals surface area (Å²) in [5.41, 5.74) is 0. The number of nitrogens with zero attached hydrogens (tertiary/aromatic N) is 1. The average molecular weight is 298 g/mol. The van der Waals surface area contributed by atoms with Crippen LogP contribution in [0.2, 0.25) is 0 Å². The van der Waals surface area contributed by atoms with Crippen LogP contribution in [0, 0.1) is 0 Å². The minimum atomic E-state index is 0.227. The Morgan fingerprint density at radius 2 is 1.67 bits per heavy atom. The van der Waals surface area contributed by atoms with Gasteiger partial charge in [-0.3, -0.25) is 9.69 Å². The fourth-order valence-electron chi connectivity index (χ4n) is 2.69. The van der Waals surface area contributed by atoms with Crippen molar-refractivity contribution in [2.75, 3.05) is 39.4 Å². The number of hydrogen-bond acceptors (Lipinski definition) is 3. The van der Waals surface area contributed by atoms with Crippen molar-refractivity contribution in [3.63, 3.8) is 0 Å². The van der Waals surface area contributed by atoms with E-state index in [0.29, 0.717) is 6.42 Å². The highest BCUT2D eigenvalue weighted by atomic mass is 16.5. The Hall–Kier alpha value is -0.610. The van der Waals surface area contributed by atoms with Crippen LogP contribution in [0.15, 0.2) is 0 Å². The van der Waals surface area contributed by atoms with Gasteiger partial charge in [-0.15, -0.1) is 0 Å². The summed E-state index contributed by atoms with van der Waals surface area (Å²) in [5.74, 6) is 0.227. The lowest BCUT2D eigenvalue weighted by Crippen LogP contribution is -2.38. The predicted octanol–water partition coefficient (Wildman–Crippen LogP) is 2.97. The van der Waals surface area contributed by atoms with Crippen molar-refractivity contribution in [3.8, 4) is 0 Å². The van der Waals surface area contributed by atoms with E-state index >= 15 is 0 Å². The number of morpholine rings is 1. The largest absolute Gasteiger partial charge is 0.379 e. The third-order valence-corrected chi connectivity index (χ3v) is 4.08. The number of rotatable bonds is 12. The molecule has 4 nitrogen and oxygen atoms in total. The molecule has 0 aromatic heterocycles. The quantitative estimate of drug-likeness (QED) is 0.563. The van der Waals surface area contributed by atoms with Gasteiger partial charge < -0.3 is 10.1 Å². The van der Waals surface area contributed by atoms with E-state index in [1.165, 1.54) is 38.5 Å². The number of ether oxygens (including phenoxy) is 1. The Kier molecular flexibility index (Phi) is 11.5. The van der Waals surface area contributed by atoms with Crippen molar-refractivity contribution in [2.24, 2.45) is 0 Å². The molecule has 1 amide bonds. The second kappa shape index (κ2) is 13.1. The van der Waals surface area contributed by atoms with Crippen molar-refractivity contribution in [1.82, 2.24) is 10.2 Å². The van der Waals surface area contributed by atoms with Gasteiger partial charge in [-0.25, -0.2) is 0 Å². The van der Waals surface area contributed by atoms with E-state index in [0.717, 1.165) is 52.2 Å². The van der Waals surface area contributed by atoms with Crippen LogP contribution in [-0.4, -0.2) is 50.2 Å². The zero-order valence-corrected chi connectivity index (χ0v) is 13.9. The smallest absolute Gasteiger partial charge is 0.219 e. The van der Waals surface area contributed by atoms with Crippen LogP contribution in [0.5, 0.6) is 0 Å². The van der Waals surface area contributed by atoms with E-state index in [4.69, 9.17) is 4.74 Å². The van der Waals surface area contributed by atoms with Crippen LogP contribution in [0.25, 0.3) is 0 Å². The monoisotopic (exact) mass is 298 g/mol. The lowest BCUT2D eigenvalue weighted by Gasteiger charge is -2.26. The van der Waals surface area contributed by atoms with Gasteiger partial charge in [0.1, 0.15) is 0 Å². The first-order chi connectivity index (χ1) is 10.3.